The number of phenolic OH excluding ortho intramolecular Hbond substituents is 1. The van der Waals surface area contributed by atoms with E-state index >= 15 is 0 Å². The summed E-state index contributed by atoms with van der Waals surface area (Å²) in [5.41, 5.74) is 0. The first-order valence-corrected chi connectivity index (χ1v) is 5.50. The molecule has 0 aliphatic heterocycles. The first-order valence-electron chi connectivity index (χ1n) is 5.50. The minimum Gasteiger partial charge on any atom is -0.508 e. The third-order valence-electron chi connectivity index (χ3n) is 3.13. The van der Waals surface area contributed by atoms with Crippen molar-refractivity contribution >= 4 is 0 Å². The second-order valence-corrected chi connectivity index (χ2v) is 4.38. The predicted molar refractivity (Wildman–Crippen MR) is 59.7 cm³/mol. The highest BCUT2D eigenvalue weighted by molar-refractivity contribution is 5.30. The molecule has 3 unspecified atom stereocenters. The topological polar surface area (TPSA) is 90.2 Å². The van der Waals surface area contributed by atoms with Crippen molar-refractivity contribution in [1.82, 2.24) is 0 Å². The third kappa shape index (κ3) is 2.22. The van der Waals surface area contributed by atoms with Gasteiger partial charge in [0, 0.05) is 5.92 Å². The number of ether oxygens (including phenoxy) is 1. The molecule has 0 spiro atoms. The number of rotatable bonds is 3. The van der Waals surface area contributed by atoms with Gasteiger partial charge in [0.1, 0.15) is 23.7 Å². The van der Waals surface area contributed by atoms with Gasteiger partial charge in [0.2, 0.25) is 0 Å². The molecule has 0 saturated heterocycles. The zero-order valence-corrected chi connectivity index (χ0v) is 9.39. The van der Waals surface area contributed by atoms with Crippen molar-refractivity contribution < 1.29 is 25.2 Å². The Morgan fingerprint density at radius 2 is 1.65 bits per heavy atom. The number of aliphatic hydroxyl groups is 3. The van der Waals surface area contributed by atoms with Crippen molar-refractivity contribution in [3.05, 3.63) is 24.3 Å². The Hall–Kier alpha value is -1.30. The molecule has 94 valence electrons. The van der Waals surface area contributed by atoms with Gasteiger partial charge in [0.05, 0.1) is 6.10 Å². The van der Waals surface area contributed by atoms with Crippen molar-refractivity contribution in [2.75, 3.05) is 0 Å². The second kappa shape index (κ2) is 4.52. The van der Waals surface area contributed by atoms with E-state index in [9.17, 15) is 15.3 Å². The van der Waals surface area contributed by atoms with Gasteiger partial charge < -0.3 is 25.2 Å². The lowest BCUT2D eigenvalue weighted by Crippen LogP contribution is -2.65. The molecule has 0 aromatic heterocycles. The molecule has 4 N–H and O–H groups in total. The minimum atomic E-state index is -0.890. The van der Waals surface area contributed by atoms with Crippen LogP contribution in [0, 0.1) is 5.92 Å². The fraction of sp³-hybridized carbons (Fsp3) is 0.500. The highest BCUT2D eigenvalue weighted by Crippen LogP contribution is 2.35. The number of hydrogen-bond acceptors (Lipinski definition) is 5. The van der Waals surface area contributed by atoms with Crippen LogP contribution in [0.1, 0.15) is 6.92 Å². The highest BCUT2D eigenvalue weighted by Gasteiger charge is 2.53. The Morgan fingerprint density at radius 3 is 2.12 bits per heavy atom. The predicted octanol–water partition coefficient (Wildman–Crippen LogP) is -0.128. The molecule has 3 atom stereocenters. The van der Waals surface area contributed by atoms with Crippen LogP contribution in [0.5, 0.6) is 11.5 Å². The van der Waals surface area contributed by atoms with Crippen LogP contribution in [-0.2, 0) is 0 Å². The van der Waals surface area contributed by atoms with Crippen LogP contribution in [0.4, 0.5) is 0 Å². The van der Waals surface area contributed by atoms with Gasteiger partial charge in [0.15, 0.2) is 6.10 Å². The maximum atomic E-state index is 9.73. The van der Waals surface area contributed by atoms with Gasteiger partial charge in [-0.25, -0.2) is 0 Å². The van der Waals surface area contributed by atoms with Crippen LogP contribution in [0.25, 0.3) is 0 Å². The number of aliphatic hydroxyl groups excluding tert-OH is 3. The summed E-state index contributed by atoms with van der Waals surface area (Å²) in [5.74, 6) is 0.000899. The first-order chi connectivity index (χ1) is 8.00. The standard InChI is InChI=1S/C12H16O5/c1-6(13)9-10(15)12(11(9)16)17-8-4-2-7(14)3-5-8/h2-6,9-16H,1H3. The Morgan fingerprint density at radius 1 is 1.12 bits per heavy atom. The van der Waals surface area contributed by atoms with Gasteiger partial charge in [-0.05, 0) is 31.2 Å². The summed E-state index contributed by atoms with van der Waals surface area (Å²) in [7, 11) is 0. The van der Waals surface area contributed by atoms with Crippen molar-refractivity contribution in [3.8, 4) is 11.5 Å². The van der Waals surface area contributed by atoms with Gasteiger partial charge in [-0.15, -0.1) is 0 Å². The summed E-state index contributed by atoms with van der Waals surface area (Å²) in [4.78, 5) is 0. The van der Waals surface area contributed by atoms with Crippen molar-refractivity contribution in [1.29, 1.82) is 0 Å². The average molecular weight is 240 g/mol. The third-order valence-corrected chi connectivity index (χ3v) is 3.13. The number of aromatic hydroxyl groups is 1. The number of benzene rings is 1. The van der Waals surface area contributed by atoms with Gasteiger partial charge in [-0.1, -0.05) is 0 Å². The molecule has 17 heavy (non-hydrogen) atoms. The molecule has 1 aliphatic carbocycles. The van der Waals surface area contributed by atoms with E-state index in [1.165, 1.54) is 19.1 Å². The van der Waals surface area contributed by atoms with Gasteiger partial charge >= 0.3 is 0 Å². The lowest BCUT2D eigenvalue weighted by Gasteiger charge is -2.47. The lowest BCUT2D eigenvalue weighted by molar-refractivity contribution is -0.207. The number of hydrogen-bond donors (Lipinski definition) is 4. The summed E-state index contributed by atoms with van der Waals surface area (Å²) in [6, 6.07) is 6.01. The smallest absolute Gasteiger partial charge is 0.151 e. The fourth-order valence-corrected chi connectivity index (χ4v) is 2.09. The summed E-state index contributed by atoms with van der Waals surface area (Å²) in [6.07, 6.45) is -3.29. The van der Waals surface area contributed by atoms with Crippen LogP contribution >= 0.6 is 0 Å². The summed E-state index contributed by atoms with van der Waals surface area (Å²) in [6.45, 7) is 1.52. The molecule has 5 nitrogen and oxygen atoms in total. The zero-order valence-electron chi connectivity index (χ0n) is 9.39. The average Bonchev–Trinajstić information content (AvgIpc) is 2.28. The fourth-order valence-electron chi connectivity index (χ4n) is 2.09. The lowest BCUT2D eigenvalue weighted by atomic mass is 9.73. The summed E-state index contributed by atoms with van der Waals surface area (Å²) >= 11 is 0. The zero-order chi connectivity index (χ0) is 12.6. The molecular weight excluding hydrogens is 224 g/mol. The van der Waals surface area contributed by atoms with Crippen LogP contribution in [0.3, 0.4) is 0 Å². The van der Waals surface area contributed by atoms with E-state index in [-0.39, 0.29) is 5.75 Å². The van der Waals surface area contributed by atoms with Crippen molar-refractivity contribution in [3.63, 3.8) is 0 Å². The molecule has 1 aromatic rings. The van der Waals surface area contributed by atoms with E-state index in [0.29, 0.717) is 5.75 Å². The van der Waals surface area contributed by atoms with Crippen molar-refractivity contribution in [2.24, 2.45) is 5.92 Å². The van der Waals surface area contributed by atoms with E-state index in [1.807, 2.05) is 0 Å². The van der Waals surface area contributed by atoms with Crippen LogP contribution in [0.15, 0.2) is 24.3 Å². The molecule has 0 amide bonds. The second-order valence-electron chi connectivity index (χ2n) is 4.38. The molecule has 2 rings (SSSR count). The van der Waals surface area contributed by atoms with E-state index in [0.717, 1.165) is 0 Å². The Kier molecular flexibility index (Phi) is 3.24. The maximum Gasteiger partial charge on any atom is 0.151 e. The Labute approximate surface area is 98.9 Å². The maximum absolute atomic E-state index is 9.73. The SMILES string of the molecule is CC(O)C1C(O)C(Oc2ccc(O)cc2)C1O. The normalized spacial score (nSPS) is 33.9. The molecule has 5 heteroatoms. The van der Waals surface area contributed by atoms with Gasteiger partial charge in [0.25, 0.3) is 0 Å². The van der Waals surface area contributed by atoms with E-state index in [2.05, 4.69) is 0 Å². The van der Waals surface area contributed by atoms with E-state index in [1.54, 1.807) is 12.1 Å². The largest absolute Gasteiger partial charge is 0.508 e. The minimum absolute atomic E-state index is 0.119. The molecule has 1 aliphatic rings. The van der Waals surface area contributed by atoms with Crippen LogP contribution < -0.4 is 4.74 Å². The van der Waals surface area contributed by atoms with E-state index < -0.39 is 30.3 Å². The molecule has 1 aromatic carbocycles. The van der Waals surface area contributed by atoms with Gasteiger partial charge in [-0.3, -0.25) is 0 Å². The summed E-state index contributed by atoms with van der Waals surface area (Å²) < 4.78 is 5.39. The summed E-state index contributed by atoms with van der Waals surface area (Å²) in [5, 5.41) is 37.9. The monoisotopic (exact) mass is 240 g/mol. The first kappa shape index (κ1) is 12.2. The Bertz CT molecular complexity index is 365. The molecular formula is C12H16O5. The van der Waals surface area contributed by atoms with Crippen LogP contribution in [0.2, 0.25) is 0 Å². The Balaban J connectivity index is 1.99. The number of phenols is 1. The highest BCUT2D eigenvalue weighted by atomic mass is 16.5. The quantitative estimate of drug-likeness (QED) is 0.591. The van der Waals surface area contributed by atoms with Crippen molar-refractivity contribution in [2.45, 2.75) is 31.3 Å². The molecule has 1 fully saturated rings. The van der Waals surface area contributed by atoms with Crippen LogP contribution in [-0.4, -0.2) is 44.8 Å². The molecule has 0 radical (unpaired) electrons. The molecule has 1 saturated carbocycles. The van der Waals surface area contributed by atoms with E-state index in [4.69, 9.17) is 9.84 Å². The van der Waals surface area contributed by atoms with Gasteiger partial charge in [-0.2, -0.15) is 0 Å². The molecule has 0 heterocycles. The molecule has 0 bridgehead atoms.